The van der Waals surface area contributed by atoms with E-state index in [1.165, 1.54) is 4.90 Å². The number of carbonyl (C=O) groups excluding carboxylic acids is 1. The first kappa shape index (κ1) is 12.9. The van der Waals surface area contributed by atoms with E-state index in [1.54, 1.807) is 24.5 Å². The van der Waals surface area contributed by atoms with Crippen molar-refractivity contribution in [2.45, 2.75) is 25.3 Å². The van der Waals surface area contributed by atoms with Crippen molar-refractivity contribution in [3.8, 4) is 0 Å². The molecule has 3 unspecified atom stereocenters. The molecule has 1 aromatic rings. The van der Waals surface area contributed by atoms with Crippen LogP contribution in [-0.2, 0) is 4.79 Å². The summed E-state index contributed by atoms with van der Waals surface area (Å²) in [6.07, 6.45) is 6.15. The van der Waals surface area contributed by atoms with E-state index in [0.29, 0.717) is 18.2 Å². The van der Waals surface area contributed by atoms with Gasteiger partial charge in [0.25, 0.3) is 0 Å². The Balaban J connectivity index is 1.75. The summed E-state index contributed by atoms with van der Waals surface area (Å²) < 4.78 is 0. The number of likely N-dealkylation sites (tertiary alicyclic amines) is 1. The molecule has 3 atom stereocenters. The number of carbonyl (C=O) groups is 2. The molecule has 6 heteroatoms. The number of pyridine rings is 1. The highest BCUT2D eigenvalue weighted by Crippen LogP contribution is 2.42. The zero-order valence-corrected chi connectivity index (χ0v) is 11.0. The van der Waals surface area contributed by atoms with Gasteiger partial charge in [0.05, 0.1) is 11.9 Å². The van der Waals surface area contributed by atoms with Crippen LogP contribution in [0.15, 0.2) is 24.5 Å². The maximum atomic E-state index is 12.3. The van der Waals surface area contributed by atoms with E-state index >= 15 is 0 Å². The Kier molecular flexibility index (Phi) is 3.30. The first-order valence-electron chi connectivity index (χ1n) is 6.87. The van der Waals surface area contributed by atoms with Gasteiger partial charge in [-0.05, 0) is 36.8 Å². The number of hydrogen-bond acceptors (Lipinski definition) is 3. The fourth-order valence-corrected chi connectivity index (χ4v) is 3.46. The van der Waals surface area contributed by atoms with E-state index in [4.69, 9.17) is 0 Å². The van der Waals surface area contributed by atoms with Gasteiger partial charge in [-0.25, -0.2) is 9.59 Å². The summed E-state index contributed by atoms with van der Waals surface area (Å²) in [7, 11) is 0. The van der Waals surface area contributed by atoms with Crippen LogP contribution in [0.4, 0.5) is 10.5 Å². The minimum absolute atomic E-state index is 0.104. The lowest BCUT2D eigenvalue weighted by Gasteiger charge is -2.24. The number of hydrogen-bond donors (Lipinski definition) is 2. The maximum Gasteiger partial charge on any atom is 0.326 e. The summed E-state index contributed by atoms with van der Waals surface area (Å²) in [4.78, 5) is 29.2. The Morgan fingerprint density at radius 1 is 1.40 bits per heavy atom. The molecule has 0 bridgehead atoms. The Morgan fingerprint density at radius 3 is 2.95 bits per heavy atom. The van der Waals surface area contributed by atoms with Crippen LogP contribution in [0.25, 0.3) is 0 Å². The zero-order valence-electron chi connectivity index (χ0n) is 11.0. The third-order valence-electron chi connectivity index (χ3n) is 4.32. The molecule has 1 saturated carbocycles. The van der Waals surface area contributed by atoms with Gasteiger partial charge in [-0.1, -0.05) is 6.42 Å². The van der Waals surface area contributed by atoms with Gasteiger partial charge in [0, 0.05) is 12.7 Å². The molecule has 2 amide bonds. The van der Waals surface area contributed by atoms with Gasteiger partial charge in [-0.15, -0.1) is 0 Å². The summed E-state index contributed by atoms with van der Waals surface area (Å²) in [5.41, 5.74) is 0.582. The van der Waals surface area contributed by atoms with Gasteiger partial charge in [0.1, 0.15) is 6.04 Å². The number of nitrogens with one attached hydrogen (secondary N) is 1. The molecule has 106 valence electrons. The first-order valence-corrected chi connectivity index (χ1v) is 6.87. The third kappa shape index (κ3) is 2.21. The number of anilines is 1. The molecule has 0 spiro atoms. The van der Waals surface area contributed by atoms with Gasteiger partial charge in [0.2, 0.25) is 0 Å². The number of urea groups is 1. The van der Waals surface area contributed by atoms with Crippen LogP contribution >= 0.6 is 0 Å². The number of nitrogens with zero attached hydrogens (tertiary/aromatic N) is 2. The number of aliphatic carboxylic acids is 1. The van der Waals surface area contributed by atoms with E-state index in [1.807, 2.05) is 0 Å². The second-order valence-electron chi connectivity index (χ2n) is 5.46. The van der Waals surface area contributed by atoms with Crippen LogP contribution in [0.2, 0.25) is 0 Å². The monoisotopic (exact) mass is 275 g/mol. The predicted molar refractivity (Wildman–Crippen MR) is 72.2 cm³/mol. The van der Waals surface area contributed by atoms with Crippen molar-refractivity contribution < 1.29 is 14.7 Å². The van der Waals surface area contributed by atoms with Crippen LogP contribution in [0, 0.1) is 11.8 Å². The van der Waals surface area contributed by atoms with E-state index in [2.05, 4.69) is 10.3 Å². The number of rotatable bonds is 2. The molecule has 2 N–H and O–H groups in total. The summed E-state index contributed by atoms with van der Waals surface area (Å²) >= 11 is 0. The van der Waals surface area contributed by atoms with E-state index < -0.39 is 12.0 Å². The Morgan fingerprint density at radius 2 is 2.25 bits per heavy atom. The Bertz CT molecular complexity index is 520. The molecule has 0 radical (unpaired) electrons. The van der Waals surface area contributed by atoms with Crippen LogP contribution in [0.1, 0.15) is 19.3 Å². The highest BCUT2D eigenvalue weighted by atomic mass is 16.4. The van der Waals surface area contributed by atoms with Gasteiger partial charge >= 0.3 is 12.0 Å². The molecule has 1 saturated heterocycles. The molecule has 2 heterocycles. The van der Waals surface area contributed by atoms with E-state index in [0.717, 1.165) is 19.3 Å². The molecule has 1 aliphatic heterocycles. The highest BCUT2D eigenvalue weighted by Gasteiger charge is 2.49. The second-order valence-corrected chi connectivity index (χ2v) is 5.46. The average molecular weight is 275 g/mol. The molecule has 2 aliphatic rings. The summed E-state index contributed by atoms with van der Waals surface area (Å²) in [6.45, 7) is 0.535. The fraction of sp³-hybridized carbons (Fsp3) is 0.500. The minimum Gasteiger partial charge on any atom is -0.480 e. The molecule has 1 aliphatic carbocycles. The topological polar surface area (TPSA) is 82.5 Å². The maximum absolute atomic E-state index is 12.3. The normalized spacial score (nSPS) is 28.2. The first-order chi connectivity index (χ1) is 9.66. The minimum atomic E-state index is -0.902. The number of aromatic nitrogens is 1. The average Bonchev–Trinajstić information content (AvgIpc) is 2.98. The molecule has 3 rings (SSSR count). The number of carboxylic acids is 1. The molecule has 0 aromatic carbocycles. The van der Waals surface area contributed by atoms with Crippen molar-refractivity contribution in [3.63, 3.8) is 0 Å². The summed E-state index contributed by atoms with van der Waals surface area (Å²) in [5, 5.41) is 12.1. The molecule has 20 heavy (non-hydrogen) atoms. The predicted octanol–water partition coefficient (Wildman–Crippen LogP) is 1.80. The quantitative estimate of drug-likeness (QED) is 0.862. The van der Waals surface area contributed by atoms with Crippen LogP contribution in [0.5, 0.6) is 0 Å². The van der Waals surface area contributed by atoms with Gasteiger partial charge in [-0.3, -0.25) is 4.98 Å². The van der Waals surface area contributed by atoms with Gasteiger partial charge < -0.3 is 15.3 Å². The Hall–Kier alpha value is -2.11. The Labute approximate surface area is 116 Å². The van der Waals surface area contributed by atoms with Crippen LogP contribution in [0.3, 0.4) is 0 Å². The third-order valence-corrected chi connectivity index (χ3v) is 4.32. The number of carboxylic acid groups (broad SMARTS) is 1. The molecule has 2 fully saturated rings. The van der Waals surface area contributed by atoms with Crippen molar-refractivity contribution in [1.82, 2.24) is 9.88 Å². The van der Waals surface area contributed by atoms with Crippen molar-refractivity contribution in [3.05, 3.63) is 24.5 Å². The fourth-order valence-electron chi connectivity index (χ4n) is 3.46. The molecule has 6 nitrogen and oxygen atoms in total. The molecular formula is C14H17N3O3. The van der Waals surface area contributed by atoms with E-state index in [9.17, 15) is 14.7 Å². The van der Waals surface area contributed by atoms with Gasteiger partial charge in [0.15, 0.2) is 0 Å². The van der Waals surface area contributed by atoms with Crippen molar-refractivity contribution >= 4 is 17.7 Å². The van der Waals surface area contributed by atoms with Crippen molar-refractivity contribution in [2.75, 3.05) is 11.9 Å². The summed E-state index contributed by atoms with van der Waals surface area (Å²) in [6, 6.07) is 2.42. The summed E-state index contributed by atoms with van der Waals surface area (Å²) in [5.74, 6) is -0.469. The molecular weight excluding hydrogens is 258 g/mol. The lowest BCUT2D eigenvalue weighted by molar-refractivity contribution is -0.142. The highest BCUT2D eigenvalue weighted by molar-refractivity contribution is 5.92. The second kappa shape index (κ2) is 5.11. The number of fused-ring (bicyclic) bond motifs is 1. The lowest BCUT2D eigenvalue weighted by Crippen LogP contribution is -2.45. The van der Waals surface area contributed by atoms with Crippen LogP contribution < -0.4 is 5.32 Å². The van der Waals surface area contributed by atoms with Gasteiger partial charge in [-0.2, -0.15) is 0 Å². The van der Waals surface area contributed by atoms with Crippen molar-refractivity contribution in [2.24, 2.45) is 11.8 Å². The van der Waals surface area contributed by atoms with Crippen molar-refractivity contribution in [1.29, 1.82) is 0 Å². The SMILES string of the molecule is O=C(O)C1C2CCCC2CN1C(=O)Nc1cccnc1. The van der Waals surface area contributed by atoms with E-state index in [-0.39, 0.29) is 11.9 Å². The molecule has 1 aromatic heterocycles. The lowest BCUT2D eigenvalue weighted by atomic mass is 9.94. The number of amides is 2. The largest absolute Gasteiger partial charge is 0.480 e. The zero-order chi connectivity index (χ0) is 14.1. The smallest absolute Gasteiger partial charge is 0.326 e. The standard InChI is InChI=1S/C14H17N3O3/c18-13(19)12-11-5-1-3-9(11)8-17(12)14(20)16-10-4-2-6-15-7-10/h2,4,6-7,9,11-12H,1,3,5,8H2,(H,16,20)(H,18,19). The van der Waals surface area contributed by atoms with Crippen LogP contribution in [-0.4, -0.2) is 39.6 Å².